The first-order chi connectivity index (χ1) is 8.23. The summed E-state index contributed by atoms with van der Waals surface area (Å²) in [5.41, 5.74) is 0.0597. The van der Waals surface area contributed by atoms with Gasteiger partial charge in [0.25, 0.3) is 0 Å². The van der Waals surface area contributed by atoms with Crippen LogP contribution < -0.4 is 0 Å². The fraction of sp³-hybridized carbons (Fsp3) is 1.00. The molecule has 0 aromatic heterocycles. The van der Waals surface area contributed by atoms with Gasteiger partial charge in [0.1, 0.15) is 6.10 Å². The van der Waals surface area contributed by atoms with E-state index in [2.05, 4.69) is 6.92 Å². The van der Waals surface area contributed by atoms with E-state index >= 15 is 0 Å². The van der Waals surface area contributed by atoms with Crippen molar-refractivity contribution in [3.8, 4) is 0 Å². The van der Waals surface area contributed by atoms with Gasteiger partial charge in [0, 0.05) is 28.4 Å². The monoisotopic (exact) mass is 266 g/mol. The normalized spacial score (nSPS) is 15.2. The minimum absolute atomic E-state index is 0.0391. The van der Waals surface area contributed by atoms with E-state index in [0.29, 0.717) is 13.2 Å². The highest BCUT2D eigenvalue weighted by molar-refractivity contribution is 6.45. The van der Waals surface area contributed by atoms with Crippen molar-refractivity contribution in [3.63, 3.8) is 0 Å². The summed E-state index contributed by atoms with van der Waals surface area (Å²) in [6, 6.07) is 0. The molecule has 0 N–H and O–H groups in total. The number of methoxy groups -OCH3 is 2. The molecule has 104 valence electrons. The largest absolute Gasteiger partial charge is 0.398 e. The van der Waals surface area contributed by atoms with E-state index in [-0.39, 0.29) is 11.8 Å². The predicted octanol–water partition coefficient (Wildman–Crippen LogP) is 0.886. The van der Waals surface area contributed by atoms with Crippen LogP contribution in [0.3, 0.4) is 0 Å². The van der Waals surface area contributed by atoms with E-state index in [1.54, 1.807) is 28.4 Å². The first-order valence-corrected chi connectivity index (χ1v) is 7.53. The van der Waals surface area contributed by atoms with Crippen LogP contribution in [0.1, 0.15) is 19.8 Å². The summed E-state index contributed by atoms with van der Waals surface area (Å²) in [4.78, 5) is 0. The van der Waals surface area contributed by atoms with Crippen molar-refractivity contribution >= 4 is 9.28 Å². The molecule has 0 bridgehead atoms. The van der Waals surface area contributed by atoms with Crippen LogP contribution >= 0.6 is 0 Å². The van der Waals surface area contributed by atoms with Crippen molar-refractivity contribution in [2.45, 2.75) is 31.6 Å². The van der Waals surface area contributed by atoms with E-state index in [0.717, 1.165) is 12.8 Å². The van der Waals surface area contributed by atoms with Gasteiger partial charge in [0.05, 0.1) is 18.9 Å². The highest BCUT2D eigenvalue weighted by Crippen LogP contribution is 2.09. The molecule has 0 saturated heterocycles. The van der Waals surface area contributed by atoms with Gasteiger partial charge in [-0.2, -0.15) is 0 Å². The minimum Gasteiger partial charge on any atom is -0.398 e. The molecule has 0 aromatic carbocycles. The Labute approximate surface area is 106 Å². The van der Waals surface area contributed by atoms with Crippen LogP contribution in [-0.2, 0) is 23.1 Å². The van der Waals surface area contributed by atoms with Gasteiger partial charge in [0.15, 0.2) is 0 Å². The molecule has 0 aliphatic heterocycles. The van der Waals surface area contributed by atoms with Gasteiger partial charge in [0.2, 0.25) is 0 Å². The molecule has 0 spiro atoms. The maximum Gasteiger partial charge on any atom is 0.350 e. The van der Waals surface area contributed by atoms with Crippen molar-refractivity contribution in [2.75, 3.05) is 41.7 Å². The Kier molecular flexibility index (Phi) is 11.1. The van der Waals surface area contributed by atoms with Gasteiger partial charge in [-0.05, 0) is 6.42 Å². The third kappa shape index (κ3) is 7.12. The lowest BCUT2D eigenvalue weighted by atomic mass is 10.3. The van der Waals surface area contributed by atoms with Crippen LogP contribution in [0, 0.1) is 0 Å². The highest BCUT2D eigenvalue weighted by Gasteiger charge is 2.25. The summed E-state index contributed by atoms with van der Waals surface area (Å²) < 4.78 is 26.9. The Morgan fingerprint density at radius 3 is 2.06 bits per heavy atom. The Bertz CT molecular complexity index is 166. The average Bonchev–Trinajstić information content (AvgIpc) is 2.35. The van der Waals surface area contributed by atoms with Crippen LogP contribution in [0.25, 0.3) is 0 Å². The van der Waals surface area contributed by atoms with Gasteiger partial charge in [-0.25, -0.2) is 0 Å². The van der Waals surface area contributed by atoms with Crippen molar-refractivity contribution in [1.29, 1.82) is 0 Å². The zero-order chi connectivity index (χ0) is 13.1. The second-order valence-corrected chi connectivity index (χ2v) is 6.24. The van der Waals surface area contributed by atoms with Gasteiger partial charge >= 0.3 is 9.28 Å². The molecule has 5 nitrogen and oxygen atoms in total. The first kappa shape index (κ1) is 17.0. The zero-order valence-corrected chi connectivity index (χ0v) is 12.8. The van der Waals surface area contributed by atoms with Crippen molar-refractivity contribution in [1.82, 2.24) is 0 Å². The van der Waals surface area contributed by atoms with E-state index < -0.39 is 9.28 Å². The molecule has 0 radical (unpaired) electrons. The molecule has 0 aromatic rings. The van der Waals surface area contributed by atoms with E-state index in [4.69, 9.17) is 23.1 Å². The van der Waals surface area contributed by atoms with Gasteiger partial charge in [-0.3, -0.25) is 0 Å². The molecule has 0 aliphatic rings. The second kappa shape index (κ2) is 11.1. The van der Waals surface area contributed by atoms with Gasteiger partial charge < -0.3 is 23.1 Å². The van der Waals surface area contributed by atoms with Crippen LogP contribution in [0.4, 0.5) is 0 Å². The molecular formula is C11H26O5Si. The topological polar surface area (TPSA) is 46.2 Å². The zero-order valence-electron chi connectivity index (χ0n) is 11.6. The molecule has 0 rings (SSSR count). The van der Waals surface area contributed by atoms with Crippen molar-refractivity contribution < 1.29 is 23.1 Å². The van der Waals surface area contributed by atoms with Crippen LogP contribution in [-0.4, -0.2) is 62.8 Å². The number of hydrogen-bond acceptors (Lipinski definition) is 5. The van der Waals surface area contributed by atoms with E-state index in [9.17, 15) is 0 Å². The SMILES string of the molecule is CCCC(OCC(COC)OC)[SiH](OC)OC. The molecule has 17 heavy (non-hydrogen) atoms. The second-order valence-electron chi connectivity index (χ2n) is 3.81. The van der Waals surface area contributed by atoms with Crippen LogP contribution in [0.2, 0.25) is 0 Å². The first-order valence-electron chi connectivity index (χ1n) is 5.92. The molecule has 0 amide bonds. The van der Waals surface area contributed by atoms with Gasteiger partial charge in [-0.1, -0.05) is 13.3 Å². The molecule has 6 heteroatoms. The number of rotatable bonds is 11. The minimum atomic E-state index is -1.73. The third-order valence-electron chi connectivity index (χ3n) is 2.52. The summed E-state index contributed by atoms with van der Waals surface area (Å²) in [5, 5.41) is 0. The lowest BCUT2D eigenvalue weighted by Crippen LogP contribution is -2.40. The van der Waals surface area contributed by atoms with Crippen LogP contribution in [0.5, 0.6) is 0 Å². The summed E-state index contributed by atoms with van der Waals surface area (Å²) in [6.07, 6.45) is 1.95. The Morgan fingerprint density at radius 1 is 1.00 bits per heavy atom. The summed E-state index contributed by atoms with van der Waals surface area (Å²) in [6.45, 7) is 3.16. The predicted molar refractivity (Wildman–Crippen MR) is 68.5 cm³/mol. The maximum atomic E-state index is 5.84. The molecule has 0 saturated carbocycles. The quantitative estimate of drug-likeness (QED) is 0.520. The molecular weight excluding hydrogens is 240 g/mol. The Hall–Kier alpha value is 0.0169. The molecule has 0 fully saturated rings. The lowest BCUT2D eigenvalue weighted by molar-refractivity contribution is -0.0463. The van der Waals surface area contributed by atoms with E-state index in [1.807, 2.05) is 0 Å². The average molecular weight is 266 g/mol. The number of hydrogen-bond donors (Lipinski definition) is 0. The fourth-order valence-electron chi connectivity index (χ4n) is 1.58. The smallest absolute Gasteiger partial charge is 0.350 e. The van der Waals surface area contributed by atoms with Crippen molar-refractivity contribution in [3.05, 3.63) is 0 Å². The Morgan fingerprint density at radius 2 is 1.65 bits per heavy atom. The molecule has 2 unspecified atom stereocenters. The summed E-state index contributed by atoms with van der Waals surface area (Å²) in [7, 11) is 4.93. The van der Waals surface area contributed by atoms with E-state index in [1.165, 1.54) is 0 Å². The fourth-order valence-corrected chi connectivity index (χ4v) is 3.26. The van der Waals surface area contributed by atoms with Crippen molar-refractivity contribution in [2.24, 2.45) is 0 Å². The van der Waals surface area contributed by atoms with Gasteiger partial charge in [-0.15, -0.1) is 0 Å². The standard InChI is InChI=1S/C11H26O5Si/c1-6-7-11(17(14-4)15-5)16-9-10(13-3)8-12-2/h10-11,17H,6-9H2,1-5H3. The summed E-state index contributed by atoms with van der Waals surface area (Å²) >= 11 is 0. The maximum absolute atomic E-state index is 5.84. The van der Waals surface area contributed by atoms with Crippen LogP contribution in [0.15, 0.2) is 0 Å². The highest BCUT2D eigenvalue weighted by atomic mass is 28.3. The number of ether oxygens (including phenoxy) is 3. The Balaban J connectivity index is 4.13. The summed E-state index contributed by atoms with van der Waals surface area (Å²) in [5.74, 6) is 0. The lowest BCUT2D eigenvalue weighted by Gasteiger charge is -2.24. The molecule has 0 heterocycles. The third-order valence-corrected chi connectivity index (χ3v) is 4.59. The molecule has 2 atom stereocenters. The molecule has 0 aliphatic carbocycles.